The minimum Gasteiger partial charge on any atom is -0.0619 e. The third-order valence-electron chi connectivity index (χ3n) is 4.42. The second-order valence-electron chi connectivity index (χ2n) is 5.56. The predicted molar refractivity (Wildman–Crippen MR) is 81.6 cm³/mol. The minimum absolute atomic E-state index is 1.06. The molecule has 0 heteroatoms. The van der Waals surface area contributed by atoms with Crippen LogP contribution in [0.5, 0.6) is 0 Å². The van der Waals surface area contributed by atoms with Crippen molar-refractivity contribution in [2.24, 2.45) is 0 Å². The van der Waals surface area contributed by atoms with Gasteiger partial charge in [0.15, 0.2) is 0 Å². The normalized spacial score (nSPS) is 13.6. The first-order valence-electron chi connectivity index (χ1n) is 7.02. The molecule has 0 fully saturated rings. The van der Waals surface area contributed by atoms with E-state index in [4.69, 9.17) is 0 Å². The molecule has 3 aromatic rings. The average Bonchev–Trinajstić information content (AvgIpc) is 3.02. The van der Waals surface area contributed by atoms with Gasteiger partial charge in [-0.3, -0.25) is 0 Å². The standard InChI is InChI=1S/C20H12/c1-3-7-17-13(5-1)9-15-11-20-16(12-19(15)17)10-14-6-2-4-8-18(14)20/h1-8,11-12H,9H2. The van der Waals surface area contributed by atoms with Gasteiger partial charge in [-0.2, -0.15) is 0 Å². The fraction of sp³-hybridized carbons (Fsp3) is 0.0500. The lowest BCUT2D eigenvalue weighted by atomic mass is 9.98. The van der Waals surface area contributed by atoms with Crippen molar-refractivity contribution in [1.82, 2.24) is 0 Å². The molecule has 5 rings (SSSR count). The molecule has 92 valence electrons. The molecule has 2 radical (unpaired) electrons. The van der Waals surface area contributed by atoms with Gasteiger partial charge in [-0.25, -0.2) is 0 Å². The number of rotatable bonds is 0. The molecule has 0 aliphatic heterocycles. The summed E-state index contributed by atoms with van der Waals surface area (Å²) in [7, 11) is 0. The maximum absolute atomic E-state index is 3.54. The topological polar surface area (TPSA) is 0 Å². The Kier molecular flexibility index (Phi) is 1.88. The molecule has 0 spiro atoms. The SMILES string of the molecule is [C]1c2ccccc2-c2cc3c(cc21)-c1ccccc1C3. The van der Waals surface area contributed by atoms with E-state index >= 15 is 0 Å². The Morgan fingerprint density at radius 1 is 0.600 bits per heavy atom. The molecular formula is C20H12. The highest BCUT2D eigenvalue weighted by Crippen LogP contribution is 2.45. The lowest BCUT2D eigenvalue weighted by Gasteiger charge is -2.06. The average molecular weight is 252 g/mol. The Balaban J connectivity index is 1.76. The van der Waals surface area contributed by atoms with Gasteiger partial charge in [-0.05, 0) is 63.1 Å². The van der Waals surface area contributed by atoms with Crippen molar-refractivity contribution in [3.63, 3.8) is 0 Å². The molecule has 0 N–H and O–H groups in total. The second kappa shape index (κ2) is 3.61. The zero-order valence-corrected chi connectivity index (χ0v) is 11.0. The Morgan fingerprint density at radius 2 is 1.40 bits per heavy atom. The van der Waals surface area contributed by atoms with E-state index in [1.54, 1.807) is 0 Å². The van der Waals surface area contributed by atoms with Gasteiger partial charge in [-0.15, -0.1) is 0 Å². The van der Waals surface area contributed by atoms with Crippen LogP contribution in [0.1, 0.15) is 22.3 Å². The third-order valence-corrected chi connectivity index (χ3v) is 4.42. The van der Waals surface area contributed by atoms with Crippen LogP contribution in [0.3, 0.4) is 0 Å². The maximum Gasteiger partial charge on any atom is 0.0515 e. The Hall–Kier alpha value is -2.34. The third kappa shape index (κ3) is 1.26. The second-order valence-corrected chi connectivity index (χ2v) is 5.56. The first-order valence-corrected chi connectivity index (χ1v) is 7.02. The summed E-state index contributed by atoms with van der Waals surface area (Å²) in [5.41, 5.74) is 10.8. The molecule has 0 amide bonds. The van der Waals surface area contributed by atoms with Crippen LogP contribution in [0.15, 0.2) is 60.7 Å². The molecule has 0 bridgehead atoms. The number of hydrogen-bond acceptors (Lipinski definition) is 0. The summed E-state index contributed by atoms with van der Waals surface area (Å²) in [5, 5.41) is 0. The molecule has 20 heavy (non-hydrogen) atoms. The van der Waals surface area contributed by atoms with Gasteiger partial charge in [-0.1, -0.05) is 48.5 Å². The van der Waals surface area contributed by atoms with Crippen LogP contribution in [0.4, 0.5) is 0 Å². The summed E-state index contributed by atoms with van der Waals surface area (Å²) >= 11 is 0. The van der Waals surface area contributed by atoms with Crippen molar-refractivity contribution >= 4 is 0 Å². The van der Waals surface area contributed by atoms with E-state index in [-0.39, 0.29) is 0 Å². The van der Waals surface area contributed by atoms with E-state index in [0.717, 1.165) is 6.42 Å². The molecule has 3 aromatic carbocycles. The molecule has 0 saturated heterocycles. The van der Waals surface area contributed by atoms with E-state index in [1.807, 2.05) is 0 Å². The summed E-state index contributed by atoms with van der Waals surface area (Å²) in [6, 6.07) is 21.9. The van der Waals surface area contributed by atoms with Gasteiger partial charge in [0, 0.05) is 0 Å². The van der Waals surface area contributed by atoms with Gasteiger partial charge >= 0.3 is 0 Å². The number of benzene rings is 3. The van der Waals surface area contributed by atoms with Gasteiger partial charge < -0.3 is 0 Å². The van der Waals surface area contributed by atoms with E-state index in [9.17, 15) is 0 Å². The lowest BCUT2D eigenvalue weighted by molar-refractivity contribution is 1.26. The minimum atomic E-state index is 1.06. The van der Waals surface area contributed by atoms with Crippen molar-refractivity contribution in [3.05, 3.63) is 89.3 Å². The molecule has 0 atom stereocenters. The van der Waals surface area contributed by atoms with Crippen LogP contribution < -0.4 is 0 Å². The van der Waals surface area contributed by atoms with Crippen LogP contribution in [-0.2, 0) is 6.42 Å². The largest absolute Gasteiger partial charge is 0.0619 e. The lowest BCUT2D eigenvalue weighted by Crippen LogP contribution is -1.85. The van der Waals surface area contributed by atoms with Crippen molar-refractivity contribution in [2.75, 3.05) is 0 Å². The zero-order valence-electron chi connectivity index (χ0n) is 11.0. The summed E-state index contributed by atoms with van der Waals surface area (Å²) < 4.78 is 0. The van der Waals surface area contributed by atoms with Crippen molar-refractivity contribution in [1.29, 1.82) is 0 Å². The summed E-state index contributed by atoms with van der Waals surface area (Å²) in [4.78, 5) is 0. The molecule has 0 heterocycles. The van der Waals surface area contributed by atoms with Crippen LogP contribution in [-0.4, -0.2) is 0 Å². The van der Waals surface area contributed by atoms with Crippen LogP contribution in [0.25, 0.3) is 22.3 Å². The predicted octanol–water partition coefficient (Wildman–Crippen LogP) is 4.72. The van der Waals surface area contributed by atoms with Crippen molar-refractivity contribution in [2.45, 2.75) is 6.42 Å². The summed E-state index contributed by atoms with van der Waals surface area (Å²) in [5.74, 6) is 0. The summed E-state index contributed by atoms with van der Waals surface area (Å²) in [6.45, 7) is 0. The van der Waals surface area contributed by atoms with Gasteiger partial charge in [0.25, 0.3) is 0 Å². The van der Waals surface area contributed by atoms with E-state index in [1.165, 1.54) is 44.5 Å². The fourth-order valence-electron chi connectivity index (χ4n) is 3.48. The monoisotopic (exact) mass is 252 g/mol. The van der Waals surface area contributed by atoms with Gasteiger partial charge in [0.1, 0.15) is 0 Å². The van der Waals surface area contributed by atoms with E-state index in [0.29, 0.717) is 0 Å². The zero-order chi connectivity index (χ0) is 13.1. The Morgan fingerprint density at radius 3 is 2.35 bits per heavy atom. The molecular weight excluding hydrogens is 240 g/mol. The Labute approximate surface area is 118 Å². The highest BCUT2D eigenvalue weighted by molar-refractivity contribution is 5.87. The van der Waals surface area contributed by atoms with Crippen LogP contribution >= 0.6 is 0 Å². The molecule has 0 unspecified atom stereocenters. The van der Waals surface area contributed by atoms with E-state index < -0.39 is 0 Å². The molecule has 0 aromatic heterocycles. The smallest absolute Gasteiger partial charge is 0.0515 e. The van der Waals surface area contributed by atoms with Gasteiger partial charge in [0.05, 0.1) is 6.42 Å². The van der Waals surface area contributed by atoms with Gasteiger partial charge in [0.2, 0.25) is 0 Å². The number of fused-ring (bicyclic) bond motifs is 6. The quantitative estimate of drug-likeness (QED) is 0.374. The molecule has 2 aliphatic carbocycles. The van der Waals surface area contributed by atoms with E-state index in [2.05, 4.69) is 67.1 Å². The first kappa shape index (κ1) is 10.4. The Bertz CT molecular complexity index is 782. The van der Waals surface area contributed by atoms with Crippen LogP contribution in [0.2, 0.25) is 0 Å². The first-order chi connectivity index (χ1) is 9.90. The van der Waals surface area contributed by atoms with Crippen LogP contribution in [0, 0.1) is 6.42 Å². The van der Waals surface area contributed by atoms with Crippen molar-refractivity contribution < 1.29 is 0 Å². The molecule has 0 saturated carbocycles. The number of hydrogen-bond donors (Lipinski definition) is 0. The summed E-state index contributed by atoms with van der Waals surface area (Å²) in [6.07, 6.45) is 4.60. The maximum atomic E-state index is 3.54. The molecule has 2 aliphatic rings. The fourth-order valence-corrected chi connectivity index (χ4v) is 3.48. The highest BCUT2D eigenvalue weighted by atomic mass is 14.3. The highest BCUT2D eigenvalue weighted by Gasteiger charge is 2.24. The molecule has 0 nitrogen and oxygen atoms in total. The van der Waals surface area contributed by atoms with Crippen molar-refractivity contribution in [3.8, 4) is 22.3 Å².